The van der Waals surface area contributed by atoms with Crippen LogP contribution in [0.25, 0.3) is 11.1 Å². The summed E-state index contributed by atoms with van der Waals surface area (Å²) in [5.41, 5.74) is 3.16. The zero-order valence-electron chi connectivity index (χ0n) is 14.9. The number of anilines is 1. The number of carbonyl (C=O) groups is 1. The van der Waals surface area contributed by atoms with Crippen LogP contribution in [-0.4, -0.2) is 27.8 Å². The van der Waals surface area contributed by atoms with E-state index in [1.807, 2.05) is 31.2 Å². The van der Waals surface area contributed by atoms with Crippen LogP contribution in [0.5, 0.6) is 5.75 Å². The molecule has 3 rings (SSSR count). The number of nitrogens with one attached hydrogen (secondary N) is 1. The molecular weight excluding hydrogens is 320 g/mol. The molecule has 1 N–H and O–H groups in total. The van der Waals surface area contributed by atoms with Gasteiger partial charge in [-0.15, -0.1) is 0 Å². The molecule has 0 radical (unpaired) electrons. The fourth-order valence-electron chi connectivity index (χ4n) is 2.81. The number of ether oxygens (including phenoxy) is 1. The van der Waals surface area contributed by atoms with Crippen LogP contribution in [0.2, 0.25) is 0 Å². The number of hydrogen-bond donors (Lipinski definition) is 1. The van der Waals surface area contributed by atoms with Crippen LogP contribution in [0.15, 0.2) is 28.7 Å². The summed E-state index contributed by atoms with van der Waals surface area (Å²) in [6.07, 6.45) is 0. The van der Waals surface area contributed by atoms with E-state index in [0.29, 0.717) is 17.4 Å². The molecule has 1 amide bonds. The van der Waals surface area contributed by atoms with Gasteiger partial charge < -0.3 is 14.5 Å². The molecule has 2 aromatic heterocycles. The van der Waals surface area contributed by atoms with Crippen LogP contribution in [0.4, 0.5) is 5.82 Å². The fourth-order valence-corrected chi connectivity index (χ4v) is 2.81. The van der Waals surface area contributed by atoms with E-state index in [0.717, 1.165) is 22.6 Å². The molecule has 0 spiro atoms. The van der Waals surface area contributed by atoms with Gasteiger partial charge in [0.2, 0.25) is 5.76 Å². The van der Waals surface area contributed by atoms with E-state index < -0.39 is 0 Å². The van der Waals surface area contributed by atoms with Crippen molar-refractivity contribution in [3.05, 3.63) is 47.3 Å². The molecule has 130 valence electrons. The Morgan fingerprint density at radius 3 is 2.40 bits per heavy atom. The first-order chi connectivity index (χ1) is 11.9. The van der Waals surface area contributed by atoms with Crippen LogP contribution in [0.1, 0.15) is 27.8 Å². The molecule has 2 heterocycles. The Labute approximate surface area is 145 Å². The molecule has 1 aromatic carbocycles. The SMILES string of the molecule is COc1ccc(-c2c(C)nn(C)c2NC(=O)c2oc(C)nc2C)cc1. The number of aryl methyl sites for hydroxylation is 4. The molecule has 0 aliphatic carbocycles. The molecule has 0 bridgehead atoms. The van der Waals surface area contributed by atoms with Crippen LogP contribution < -0.4 is 10.1 Å². The van der Waals surface area contributed by atoms with Gasteiger partial charge in [-0.1, -0.05) is 12.1 Å². The van der Waals surface area contributed by atoms with E-state index in [-0.39, 0.29) is 11.7 Å². The normalized spacial score (nSPS) is 10.8. The maximum absolute atomic E-state index is 12.6. The number of nitrogens with zero attached hydrogens (tertiary/aromatic N) is 3. The number of hydrogen-bond acceptors (Lipinski definition) is 5. The summed E-state index contributed by atoms with van der Waals surface area (Å²) < 4.78 is 12.2. The second-order valence-corrected chi connectivity index (χ2v) is 5.76. The largest absolute Gasteiger partial charge is 0.497 e. The zero-order valence-corrected chi connectivity index (χ0v) is 14.9. The molecule has 0 fully saturated rings. The molecule has 3 aromatic rings. The van der Waals surface area contributed by atoms with Gasteiger partial charge in [-0.25, -0.2) is 4.98 Å². The number of aromatic nitrogens is 3. The molecule has 25 heavy (non-hydrogen) atoms. The summed E-state index contributed by atoms with van der Waals surface area (Å²) in [4.78, 5) is 16.7. The number of methoxy groups -OCH3 is 1. The predicted molar refractivity (Wildman–Crippen MR) is 93.9 cm³/mol. The number of amides is 1. The monoisotopic (exact) mass is 340 g/mol. The summed E-state index contributed by atoms with van der Waals surface area (Å²) in [7, 11) is 3.41. The van der Waals surface area contributed by atoms with Gasteiger partial charge in [0.25, 0.3) is 5.91 Å². The second kappa shape index (κ2) is 6.43. The van der Waals surface area contributed by atoms with E-state index in [1.54, 1.807) is 32.7 Å². The summed E-state index contributed by atoms with van der Waals surface area (Å²) >= 11 is 0. The molecule has 0 unspecified atom stereocenters. The third-order valence-corrected chi connectivity index (χ3v) is 3.94. The van der Waals surface area contributed by atoms with Crippen LogP contribution in [0.3, 0.4) is 0 Å². The smallest absolute Gasteiger partial charge is 0.294 e. The van der Waals surface area contributed by atoms with Crippen molar-refractivity contribution in [1.29, 1.82) is 0 Å². The molecular formula is C18H20N4O3. The van der Waals surface area contributed by atoms with Crippen molar-refractivity contribution in [2.45, 2.75) is 20.8 Å². The minimum Gasteiger partial charge on any atom is -0.497 e. The van der Waals surface area contributed by atoms with Crippen molar-refractivity contribution < 1.29 is 13.9 Å². The van der Waals surface area contributed by atoms with E-state index >= 15 is 0 Å². The minimum absolute atomic E-state index is 0.206. The summed E-state index contributed by atoms with van der Waals surface area (Å²) in [5, 5.41) is 7.32. The second-order valence-electron chi connectivity index (χ2n) is 5.76. The lowest BCUT2D eigenvalue weighted by Crippen LogP contribution is -2.15. The molecule has 0 aliphatic rings. The first-order valence-corrected chi connectivity index (χ1v) is 7.84. The lowest BCUT2D eigenvalue weighted by atomic mass is 10.1. The van der Waals surface area contributed by atoms with Crippen LogP contribution >= 0.6 is 0 Å². The van der Waals surface area contributed by atoms with E-state index in [9.17, 15) is 4.79 Å². The van der Waals surface area contributed by atoms with Crippen molar-refractivity contribution in [1.82, 2.24) is 14.8 Å². The van der Waals surface area contributed by atoms with Crippen LogP contribution in [0, 0.1) is 20.8 Å². The van der Waals surface area contributed by atoms with Gasteiger partial charge in [0.05, 0.1) is 18.5 Å². The topological polar surface area (TPSA) is 82.2 Å². The maximum atomic E-state index is 12.6. The summed E-state index contributed by atoms with van der Waals surface area (Å²) in [5.74, 6) is 1.68. The van der Waals surface area contributed by atoms with Crippen molar-refractivity contribution in [3.63, 3.8) is 0 Å². The van der Waals surface area contributed by atoms with Gasteiger partial charge in [-0.05, 0) is 31.5 Å². The van der Waals surface area contributed by atoms with E-state index in [4.69, 9.17) is 9.15 Å². The highest BCUT2D eigenvalue weighted by atomic mass is 16.5. The van der Waals surface area contributed by atoms with Crippen LogP contribution in [-0.2, 0) is 7.05 Å². The quantitative estimate of drug-likeness (QED) is 0.788. The average Bonchev–Trinajstić information content (AvgIpc) is 3.06. The molecule has 0 aliphatic heterocycles. The van der Waals surface area contributed by atoms with Crippen molar-refractivity contribution in [2.24, 2.45) is 7.05 Å². The van der Waals surface area contributed by atoms with Crippen molar-refractivity contribution >= 4 is 11.7 Å². The average molecular weight is 340 g/mol. The number of carbonyl (C=O) groups excluding carboxylic acids is 1. The molecule has 7 nitrogen and oxygen atoms in total. The molecule has 7 heteroatoms. The number of oxazole rings is 1. The Morgan fingerprint density at radius 1 is 1.16 bits per heavy atom. The van der Waals surface area contributed by atoms with Gasteiger partial charge in [0, 0.05) is 19.5 Å². The lowest BCUT2D eigenvalue weighted by molar-refractivity contribution is 0.0993. The van der Waals surface area contributed by atoms with Gasteiger partial charge in [-0.2, -0.15) is 5.10 Å². The van der Waals surface area contributed by atoms with E-state index in [2.05, 4.69) is 15.4 Å². The fraction of sp³-hybridized carbons (Fsp3) is 0.278. The number of rotatable bonds is 4. The van der Waals surface area contributed by atoms with Crippen molar-refractivity contribution in [2.75, 3.05) is 12.4 Å². The number of benzene rings is 1. The Bertz CT molecular complexity index is 923. The highest BCUT2D eigenvalue weighted by molar-refractivity contribution is 6.04. The molecule has 0 saturated carbocycles. The summed E-state index contributed by atoms with van der Waals surface area (Å²) in [6.45, 7) is 5.35. The molecule has 0 atom stereocenters. The third-order valence-electron chi connectivity index (χ3n) is 3.94. The Balaban J connectivity index is 1.99. The summed E-state index contributed by atoms with van der Waals surface area (Å²) in [6, 6.07) is 7.61. The lowest BCUT2D eigenvalue weighted by Gasteiger charge is -2.09. The first kappa shape index (κ1) is 16.8. The van der Waals surface area contributed by atoms with Gasteiger partial charge >= 0.3 is 0 Å². The standard InChI is InChI=1S/C18H20N4O3/c1-10-15(13-6-8-14(24-5)9-7-13)17(22(4)21-10)20-18(23)16-11(2)19-12(3)25-16/h6-9H,1-5H3,(H,20,23). The highest BCUT2D eigenvalue weighted by Gasteiger charge is 2.21. The van der Waals surface area contributed by atoms with Crippen molar-refractivity contribution in [3.8, 4) is 16.9 Å². The maximum Gasteiger partial charge on any atom is 0.294 e. The predicted octanol–water partition coefficient (Wildman–Crippen LogP) is 3.26. The Morgan fingerprint density at radius 2 is 1.84 bits per heavy atom. The highest BCUT2D eigenvalue weighted by Crippen LogP contribution is 2.32. The van der Waals surface area contributed by atoms with E-state index in [1.165, 1.54) is 0 Å². The molecule has 0 saturated heterocycles. The zero-order chi connectivity index (χ0) is 18.1. The van der Waals surface area contributed by atoms with Gasteiger partial charge in [-0.3, -0.25) is 9.48 Å². The third kappa shape index (κ3) is 3.13. The van der Waals surface area contributed by atoms with Gasteiger partial charge in [0.15, 0.2) is 5.89 Å². The van der Waals surface area contributed by atoms with Gasteiger partial charge in [0.1, 0.15) is 11.6 Å². The first-order valence-electron chi connectivity index (χ1n) is 7.84. The minimum atomic E-state index is -0.351. The Kier molecular flexibility index (Phi) is 4.31. The Hall–Kier alpha value is -3.09.